The maximum absolute atomic E-state index is 12.7. The van der Waals surface area contributed by atoms with E-state index in [2.05, 4.69) is 10.6 Å². The average molecular weight is 344 g/mol. The zero-order chi connectivity index (χ0) is 18.1. The molecule has 4 N–H and O–H groups in total. The highest BCUT2D eigenvalue weighted by Gasteiger charge is 2.44. The minimum atomic E-state index is -0.945. The van der Waals surface area contributed by atoms with Crippen LogP contribution in [-0.2, 0) is 9.59 Å². The first kappa shape index (κ1) is 17.1. The summed E-state index contributed by atoms with van der Waals surface area (Å²) in [5, 5.41) is 5.34. The summed E-state index contributed by atoms with van der Waals surface area (Å²) < 4.78 is 0. The molecule has 2 aliphatic heterocycles. The van der Waals surface area contributed by atoms with Crippen LogP contribution in [0.5, 0.6) is 0 Å². The molecule has 8 nitrogen and oxygen atoms in total. The van der Waals surface area contributed by atoms with Gasteiger partial charge in [0.15, 0.2) is 0 Å². The van der Waals surface area contributed by atoms with Gasteiger partial charge in [0.05, 0.1) is 11.1 Å². The van der Waals surface area contributed by atoms with Gasteiger partial charge >= 0.3 is 0 Å². The molecule has 1 aromatic carbocycles. The zero-order valence-corrected chi connectivity index (χ0v) is 13.9. The Bertz CT molecular complexity index is 759. The largest absolute Gasteiger partial charge is 0.385 e. The molecule has 1 fully saturated rings. The molecule has 0 spiro atoms. The van der Waals surface area contributed by atoms with E-state index in [1.54, 1.807) is 18.2 Å². The fraction of sp³-hybridized carbons (Fsp3) is 0.412. The Morgan fingerprint density at radius 2 is 1.96 bits per heavy atom. The monoisotopic (exact) mass is 344 g/mol. The van der Waals surface area contributed by atoms with Crippen LogP contribution in [0, 0.1) is 0 Å². The Morgan fingerprint density at radius 3 is 2.64 bits per heavy atom. The van der Waals surface area contributed by atoms with Gasteiger partial charge in [0.25, 0.3) is 11.8 Å². The van der Waals surface area contributed by atoms with Crippen molar-refractivity contribution in [3.63, 3.8) is 0 Å². The van der Waals surface area contributed by atoms with Gasteiger partial charge in [0.1, 0.15) is 6.04 Å². The van der Waals surface area contributed by atoms with Crippen molar-refractivity contribution in [2.75, 3.05) is 11.9 Å². The highest BCUT2D eigenvalue weighted by molar-refractivity contribution is 6.23. The van der Waals surface area contributed by atoms with Crippen molar-refractivity contribution in [1.29, 1.82) is 0 Å². The van der Waals surface area contributed by atoms with Gasteiger partial charge < -0.3 is 11.1 Å². The number of nitrogens with zero attached hydrogens (tertiary/aromatic N) is 1. The molecular weight excluding hydrogens is 324 g/mol. The summed E-state index contributed by atoms with van der Waals surface area (Å²) in [5.74, 6) is -2.01. The van der Waals surface area contributed by atoms with Crippen molar-refractivity contribution < 1.29 is 19.2 Å². The van der Waals surface area contributed by atoms with Crippen molar-refractivity contribution in [1.82, 2.24) is 10.2 Å². The summed E-state index contributed by atoms with van der Waals surface area (Å²) in [5.41, 5.74) is 6.95. The topological polar surface area (TPSA) is 122 Å². The van der Waals surface area contributed by atoms with Gasteiger partial charge in [-0.15, -0.1) is 0 Å². The van der Waals surface area contributed by atoms with Crippen LogP contribution in [0.4, 0.5) is 5.69 Å². The molecule has 0 aliphatic carbocycles. The van der Waals surface area contributed by atoms with E-state index in [1.165, 1.54) is 0 Å². The molecule has 132 valence electrons. The highest BCUT2D eigenvalue weighted by Crippen LogP contribution is 2.29. The molecule has 1 unspecified atom stereocenters. The van der Waals surface area contributed by atoms with E-state index in [9.17, 15) is 19.2 Å². The number of nitrogens with two attached hydrogens (primary N) is 1. The van der Waals surface area contributed by atoms with Gasteiger partial charge in [-0.25, -0.2) is 0 Å². The van der Waals surface area contributed by atoms with Gasteiger partial charge in [-0.05, 0) is 38.0 Å². The number of hydrogen-bond donors (Lipinski definition) is 3. The fourth-order valence-corrected chi connectivity index (χ4v) is 3.03. The Balaban J connectivity index is 1.79. The van der Waals surface area contributed by atoms with Crippen LogP contribution in [0.1, 0.15) is 46.9 Å². The summed E-state index contributed by atoms with van der Waals surface area (Å²) >= 11 is 0. The molecule has 0 aromatic heterocycles. The summed E-state index contributed by atoms with van der Waals surface area (Å²) in [6, 6.07) is 4.03. The third-order valence-corrected chi connectivity index (χ3v) is 4.37. The third-order valence-electron chi connectivity index (χ3n) is 4.37. The standard InChI is InChI=1S/C17H20N4O4/c1-9(18)6-7-19-10-2-3-11-12(8-10)17(25)21(16(11)24)13-4-5-14(22)20-15(13)23/h2-3,8-9,13,19H,4-7,18H2,1H3,(H,20,22,23)/t9-,13?/m0/s1. The van der Waals surface area contributed by atoms with Crippen LogP contribution in [0.15, 0.2) is 18.2 Å². The zero-order valence-electron chi connectivity index (χ0n) is 13.9. The van der Waals surface area contributed by atoms with Gasteiger partial charge in [0.2, 0.25) is 11.8 Å². The lowest BCUT2D eigenvalue weighted by molar-refractivity contribution is -0.136. The first-order valence-electron chi connectivity index (χ1n) is 8.23. The van der Waals surface area contributed by atoms with Crippen molar-refractivity contribution in [3.05, 3.63) is 29.3 Å². The molecular formula is C17H20N4O4. The number of anilines is 1. The van der Waals surface area contributed by atoms with Crippen LogP contribution in [0.3, 0.4) is 0 Å². The SMILES string of the molecule is C[C@H](N)CCNc1ccc2c(c1)C(=O)N(C1CCC(=O)NC1=O)C2=O. The smallest absolute Gasteiger partial charge is 0.262 e. The number of nitrogens with one attached hydrogen (secondary N) is 2. The number of imide groups is 2. The molecule has 2 heterocycles. The number of hydrogen-bond acceptors (Lipinski definition) is 6. The molecule has 1 aromatic rings. The summed E-state index contributed by atoms with van der Waals surface area (Å²) in [4.78, 5) is 49.4. The Labute approximate surface area is 144 Å². The molecule has 2 atom stereocenters. The van der Waals surface area contributed by atoms with E-state index < -0.39 is 29.7 Å². The lowest BCUT2D eigenvalue weighted by atomic mass is 10.0. The first-order chi connectivity index (χ1) is 11.9. The van der Waals surface area contributed by atoms with Gasteiger partial charge in [-0.3, -0.25) is 29.4 Å². The quantitative estimate of drug-likeness (QED) is 0.658. The number of rotatable bonds is 5. The summed E-state index contributed by atoms with van der Waals surface area (Å²) in [6.07, 6.45) is 1.02. The van der Waals surface area contributed by atoms with Crippen LogP contribution in [0.2, 0.25) is 0 Å². The maximum atomic E-state index is 12.7. The number of piperidine rings is 1. The molecule has 0 radical (unpaired) electrons. The lowest BCUT2D eigenvalue weighted by Gasteiger charge is -2.27. The Kier molecular flexibility index (Phi) is 4.54. The van der Waals surface area contributed by atoms with Crippen molar-refractivity contribution in [2.24, 2.45) is 5.73 Å². The molecule has 4 amide bonds. The molecule has 8 heteroatoms. The minimum absolute atomic E-state index is 0.0631. The minimum Gasteiger partial charge on any atom is -0.385 e. The summed E-state index contributed by atoms with van der Waals surface area (Å²) in [6.45, 7) is 2.56. The molecule has 2 aliphatic rings. The normalized spacial score (nSPS) is 21.2. The Hall–Kier alpha value is -2.74. The van der Waals surface area contributed by atoms with Crippen LogP contribution in [-0.4, -0.2) is 47.2 Å². The second kappa shape index (κ2) is 6.64. The van der Waals surface area contributed by atoms with Crippen molar-refractivity contribution in [2.45, 2.75) is 38.3 Å². The van der Waals surface area contributed by atoms with Crippen molar-refractivity contribution >= 4 is 29.3 Å². The third kappa shape index (κ3) is 3.25. The van der Waals surface area contributed by atoms with Gasteiger partial charge in [-0.1, -0.05) is 0 Å². The van der Waals surface area contributed by atoms with E-state index >= 15 is 0 Å². The Morgan fingerprint density at radius 1 is 1.24 bits per heavy atom. The van der Waals surface area contributed by atoms with Crippen LogP contribution < -0.4 is 16.4 Å². The maximum Gasteiger partial charge on any atom is 0.262 e. The van der Waals surface area contributed by atoms with E-state index in [0.29, 0.717) is 12.2 Å². The lowest BCUT2D eigenvalue weighted by Crippen LogP contribution is -2.54. The number of fused-ring (bicyclic) bond motifs is 1. The first-order valence-corrected chi connectivity index (χ1v) is 8.23. The predicted octanol–water partition coefficient (Wildman–Crippen LogP) is 0.237. The van der Waals surface area contributed by atoms with Crippen LogP contribution in [0.25, 0.3) is 0 Å². The van der Waals surface area contributed by atoms with E-state index in [1.807, 2.05) is 6.92 Å². The van der Waals surface area contributed by atoms with E-state index in [0.717, 1.165) is 11.3 Å². The predicted molar refractivity (Wildman–Crippen MR) is 89.9 cm³/mol. The molecule has 0 saturated carbocycles. The fourth-order valence-electron chi connectivity index (χ4n) is 3.03. The number of carbonyl (C=O) groups is 4. The van der Waals surface area contributed by atoms with Gasteiger partial charge in [0, 0.05) is 24.7 Å². The van der Waals surface area contributed by atoms with Gasteiger partial charge in [-0.2, -0.15) is 0 Å². The second-order valence-electron chi connectivity index (χ2n) is 6.40. The summed E-state index contributed by atoms with van der Waals surface area (Å²) in [7, 11) is 0. The van der Waals surface area contributed by atoms with E-state index in [-0.39, 0.29) is 30.0 Å². The van der Waals surface area contributed by atoms with Crippen LogP contribution >= 0.6 is 0 Å². The van der Waals surface area contributed by atoms with Crippen molar-refractivity contribution in [3.8, 4) is 0 Å². The number of carbonyl (C=O) groups excluding carboxylic acids is 4. The molecule has 25 heavy (non-hydrogen) atoms. The highest BCUT2D eigenvalue weighted by atomic mass is 16.2. The molecule has 1 saturated heterocycles. The second-order valence-corrected chi connectivity index (χ2v) is 6.40. The number of benzene rings is 1. The average Bonchev–Trinajstić information content (AvgIpc) is 2.79. The van der Waals surface area contributed by atoms with E-state index in [4.69, 9.17) is 5.73 Å². The molecule has 0 bridgehead atoms. The molecule has 3 rings (SSSR count). The number of amides is 4.